The van der Waals surface area contributed by atoms with E-state index in [1.54, 1.807) is 29.8 Å². The molecule has 0 aliphatic carbocycles. The Morgan fingerprint density at radius 1 is 1.09 bits per heavy atom. The van der Waals surface area contributed by atoms with Crippen molar-refractivity contribution in [2.45, 2.75) is 19.3 Å². The molecule has 0 saturated heterocycles. The average Bonchev–Trinajstić information content (AvgIpc) is 3.46. The zero-order valence-corrected chi connectivity index (χ0v) is 17.7. The fourth-order valence-electron chi connectivity index (χ4n) is 2.91. The zero-order valence-electron chi connectivity index (χ0n) is 16.1. The smallest absolute Gasteiger partial charge is 0.304 e. The molecule has 0 fully saturated rings. The highest BCUT2D eigenvalue weighted by atomic mass is 35.5. The highest BCUT2D eigenvalue weighted by Gasteiger charge is 2.33. The molecule has 0 spiro atoms. The number of alkyl halides is 3. The summed E-state index contributed by atoms with van der Waals surface area (Å²) in [5.41, 5.74) is -0.0556. The summed E-state index contributed by atoms with van der Waals surface area (Å²) in [4.78, 5) is 12.8. The van der Waals surface area contributed by atoms with E-state index < -0.39 is 23.6 Å². The van der Waals surface area contributed by atoms with Gasteiger partial charge in [0.2, 0.25) is 0 Å². The minimum atomic E-state index is -4.51. The van der Waals surface area contributed by atoms with Crippen molar-refractivity contribution in [3.8, 4) is 0 Å². The van der Waals surface area contributed by atoms with Crippen LogP contribution < -0.4 is 5.32 Å². The van der Waals surface area contributed by atoms with Crippen LogP contribution in [-0.4, -0.2) is 25.5 Å². The standard InChI is InChI=1S/C20H14ClF4N5OS/c21-14-2-1-3-15(22)13(14)10-30-7-5-18(28-30)26-19(31)16-8-12(11-32-16)9-29-6-4-17(27-29)20(23,24)25/h1-8,11H,9-10H2,(H,26,28,31). The van der Waals surface area contributed by atoms with Crippen LogP contribution in [0, 0.1) is 5.82 Å². The topological polar surface area (TPSA) is 64.7 Å². The van der Waals surface area contributed by atoms with Crippen LogP contribution in [-0.2, 0) is 19.3 Å². The molecule has 0 unspecified atom stereocenters. The first-order valence-electron chi connectivity index (χ1n) is 9.15. The number of carbonyl (C=O) groups is 1. The lowest BCUT2D eigenvalue weighted by molar-refractivity contribution is -0.141. The van der Waals surface area contributed by atoms with Crippen molar-refractivity contribution >= 4 is 34.7 Å². The van der Waals surface area contributed by atoms with Gasteiger partial charge in [-0.15, -0.1) is 11.3 Å². The van der Waals surface area contributed by atoms with E-state index in [4.69, 9.17) is 11.6 Å². The van der Waals surface area contributed by atoms with Gasteiger partial charge in [-0.2, -0.15) is 23.4 Å². The van der Waals surface area contributed by atoms with Crippen LogP contribution in [0.15, 0.2) is 54.2 Å². The summed E-state index contributed by atoms with van der Waals surface area (Å²) in [5.74, 6) is -0.615. The van der Waals surface area contributed by atoms with Gasteiger partial charge >= 0.3 is 6.18 Å². The lowest BCUT2D eigenvalue weighted by atomic mass is 10.2. The Kier molecular flexibility index (Phi) is 6.02. The summed E-state index contributed by atoms with van der Waals surface area (Å²) in [6.07, 6.45) is -1.70. The van der Waals surface area contributed by atoms with Crippen LogP contribution in [0.1, 0.15) is 26.5 Å². The quantitative estimate of drug-likeness (QED) is 0.378. The van der Waals surface area contributed by atoms with E-state index in [2.05, 4.69) is 15.5 Å². The van der Waals surface area contributed by atoms with Crippen LogP contribution in [0.2, 0.25) is 5.02 Å². The van der Waals surface area contributed by atoms with Gasteiger partial charge in [-0.25, -0.2) is 4.39 Å². The molecule has 3 heterocycles. The summed E-state index contributed by atoms with van der Waals surface area (Å²) in [7, 11) is 0. The fraction of sp³-hybridized carbons (Fsp3) is 0.150. The maximum atomic E-state index is 13.9. The zero-order chi connectivity index (χ0) is 22.9. The van der Waals surface area contributed by atoms with Crippen LogP contribution in [0.4, 0.5) is 23.4 Å². The maximum Gasteiger partial charge on any atom is 0.435 e. The molecule has 1 amide bonds. The number of halogens is 5. The summed E-state index contributed by atoms with van der Waals surface area (Å²) in [6, 6.07) is 8.41. The van der Waals surface area contributed by atoms with Crippen molar-refractivity contribution in [1.82, 2.24) is 19.6 Å². The maximum absolute atomic E-state index is 13.9. The normalized spacial score (nSPS) is 11.7. The summed E-state index contributed by atoms with van der Waals surface area (Å²) in [5, 5.41) is 12.3. The number of nitrogens with one attached hydrogen (secondary N) is 1. The summed E-state index contributed by atoms with van der Waals surface area (Å²) >= 11 is 7.17. The Labute approximate surface area is 188 Å². The molecule has 0 saturated carbocycles. The second kappa shape index (κ2) is 8.75. The number of hydrogen-bond donors (Lipinski definition) is 1. The molecule has 0 radical (unpaired) electrons. The third-order valence-corrected chi connectivity index (χ3v) is 5.75. The lowest BCUT2D eigenvalue weighted by Gasteiger charge is -2.06. The van der Waals surface area contributed by atoms with Crippen LogP contribution in [0.25, 0.3) is 0 Å². The molecule has 4 rings (SSSR count). The molecular formula is C20H14ClF4N5OS. The van der Waals surface area contributed by atoms with Gasteiger partial charge in [-0.3, -0.25) is 14.2 Å². The van der Waals surface area contributed by atoms with Crippen LogP contribution in [0.5, 0.6) is 0 Å². The number of anilines is 1. The van der Waals surface area contributed by atoms with Gasteiger partial charge in [0.05, 0.1) is 18.0 Å². The Bertz CT molecular complexity index is 1240. The Morgan fingerprint density at radius 2 is 1.84 bits per heavy atom. The minimum absolute atomic E-state index is 0.0916. The van der Waals surface area contributed by atoms with Gasteiger partial charge in [0.15, 0.2) is 11.5 Å². The molecule has 4 aromatic rings. The van der Waals surface area contributed by atoms with E-state index in [-0.39, 0.29) is 29.5 Å². The van der Waals surface area contributed by atoms with E-state index in [1.165, 1.54) is 23.0 Å². The van der Waals surface area contributed by atoms with Crippen LogP contribution >= 0.6 is 22.9 Å². The Balaban J connectivity index is 1.39. The Morgan fingerprint density at radius 3 is 2.56 bits per heavy atom. The first-order valence-corrected chi connectivity index (χ1v) is 10.4. The van der Waals surface area contributed by atoms with Crippen molar-refractivity contribution in [3.63, 3.8) is 0 Å². The van der Waals surface area contributed by atoms with Gasteiger partial charge < -0.3 is 5.32 Å². The first-order chi connectivity index (χ1) is 15.2. The number of hydrogen-bond acceptors (Lipinski definition) is 4. The molecule has 0 atom stereocenters. The molecular weight excluding hydrogens is 470 g/mol. The first kappa shape index (κ1) is 22.0. The molecule has 166 valence electrons. The Hall–Kier alpha value is -3.18. The predicted molar refractivity (Wildman–Crippen MR) is 111 cm³/mol. The predicted octanol–water partition coefficient (Wildman–Crippen LogP) is 5.30. The SMILES string of the molecule is O=C(Nc1ccn(Cc2c(F)cccc2Cl)n1)c1cc(Cn2ccc(C(F)(F)F)n2)cs1. The molecule has 6 nitrogen and oxygen atoms in total. The second-order valence-electron chi connectivity index (χ2n) is 6.77. The number of nitrogens with zero attached hydrogens (tertiary/aromatic N) is 4. The number of benzene rings is 1. The molecule has 0 aliphatic heterocycles. The van der Waals surface area contributed by atoms with Gasteiger partial charge in [0.25, 0.3) is 5.91 Å². The second-order valence-corrected chi connectivity index (χ2v) is 8.09. The number of amides is 1. The van der Waals surface area contributed by atoms with E-state index in [0.717, 1.165) is 22.1 Å². The number of thiophene rings is 1. The molecule has 32 heavy (non-hydrogen) atoms. The molecule has 0 aliphatic rings. The van der Waals surface area contributed by atoms with Gasteiger partial charge in [0.1, 0.15) is 5.82 Å². The number of carbonyl (C=O) groups excluding carboxylic acids is 1. The molecule has 1 N–H and O–H groups in total. The van der Waals surface area contributed by atoms with Crippen molar-refractivity contribution in [1.29, 1.82) is 0 Å². The third kappa shape index (κ3) is 5.00. The van der Waals surface area contributed by atoms with E-state index >= 15 is 0 Å². The van der Waals surface area contributed by atoms with Crippen molar-refractivity contribution < 1.29 is 22.4 Å². The number of rotatable bonds is 6. The highest BCUT2D eigenvalue weighted by Crippen LogP contribution is 2.27. The van der Waals surface area contributed by atoms with Gasteiger partial charge in [-0.1, -0.05) is 17.7 Å². The monoisotopic (exact) mass is 483 g/mol. The average molecular weight is 484 g/mol. The molecule has 12 heteroatoms. The molecule has 0 bridgehead atoms. The van der Waals surface area contributed by atoms with Crippen molar-refractivity contribution in [2.24, 2.45) is 0 Å². The van der Waals surface area contributed by atoms with Crippen LogP contribution in [0.3, 0.4) is 0 Å². The molecule has 1 aromatic carbocycles. The lowest BCUT2D eigenvalue weighted by Crippen LogP contribution is -2.12. The third-order valence-electron chi connectivity index (χ3n) is 4.42. The van der Waals surface area contributed by atoms with Gasteiger partial charge in [-0.05, 0) is 35.2 Å². The largest absolute Gasteiger partial charge is 0.435 e. The van der Waals surface area contributed by atoms with Crippen molar-refractivity contribution in [2.75, 3.05) is 5.32 Å². The van der Waals surface area contributed by atoms with E-state index in [9.17, 15) is 22.4 Å². The number of aromatic nitrogens is 4. The highest BCUT2D eigenvalue weighted by molar-refractivity contribution is 7.12. The minimum Gasteiger partial charge on any atom is -0.304 e. The summed E-state index contributed by atoms with van der Waals surface area (Å²) < 4.78 is 54.5. The van der Waals surface area contributed by atoms with E-state index in [0.29, 0.717) is 10.4 Å². The fourth-order valence-corrected chi connectivity index (χ4v) is 3.93. The van der Waals surface area contributed by atoms with Gasteiger partial charge in [0, 0.05) is 29.0 Å². The van der Waals surface area contributed by atoms with Crippen molar-refractivity contribution in [3.05, 3.63) is 86.7 Å². The molecule has 3 aromatic heterocycles. The van der Waals surface area contributed by atoms with E-state index in [1.807, 2.05) is 0 Å². The summed E-state index contributed by atoms with van der Waals surface area (Å²) in [6.45, 7) is 0.187.